The lowest BCUT2D eigenvalue weighted by Gasteiger charge is -2.34. The maximum atomic E-state index is 13.0. The van der Waals surface area contributed by atoms with Crippen LogP contribution in [0.2, 0.25) is 5.02 Å². The lowest BCUT2D eigenvalue weighted by Crippen LogP contribution is -2.48. The first-order valence-corrected chi connectivity index (χ1v) is 7.66. The highest BCUT2D eigenvalue weighted by Gasteiger charge is 2.35. The molecule has 4 nitrogen and oxygen atoms in total. The first-order valence-electron chi connectivity index (χ1n) is 7.28. The molecule has 0 saturated carbocycles. The molecular weight excluding hydrogens is 333 g/mol. The first kappa shape index (κ1) is 18.0. The van der Waals surface area contributed by atoms with Gasteiger partial charge < -0.3 is 10.4 Å². The molecule has 1 aliphatic heterocycles. The molecule has 1 aromatic carbocycles. The van der Waals surface area contributed by atoms with Crippen LogP contribution in [0.3, 0.4) is 0 Å². The molecule has 1 aromatic rings. The molecule has 8 heteroatoms. The zero-order valence-electron chi connectivity index (χ0n) is 12.5. The summed E-state index contributed by atoms with van der Waals surface area (Å²) in [4.78, 5) is 14.0. The maximum absolute atomic E-state index is 13.0. The van der Waals surface area contributed by atoms with Gasteiger partial charge in [-0.2, -0.15) is 13.2 Å². The van der Waals surface area contributed by atoms with Crippen LogP contribution in [0.1, 0.15) is 25.3 Å². The summed E-state index contributed by atoms with van der Waals surface area (Å²) < 4.78 is 39.1. The third-order valence-corrected chi connectivity index (χ3v) is 4.14. The summed E-state index contributed by atoms with van der Waals surface area (Å²) in [6.45, 7) is 2.57. The van der Waals surface area contributed by atoms with Crippen molar-refractivity contribution in [3.05, 3.63) is 28.8 Å². The molecule has 1 heterocycles. The number of rotatable bonds is 3. The Morgan fingerprint density at radius 1 is 1.48 bits per heavy atom. The van der Waals surface area contributed by atoms with Gasteiger partial charge in [0.15, 0.2) is 0 Å². The molecule has 128 valence electrons. The van der Waals surface area contributed by atoms with Gasteiger partial charge in [0.1, 0.15) is 0 Å². The van der Waals surface area contributed by atoms with Gasteiger partial charge in [-0.15, -0.1) is 0 Å². The van der Waals surface area contributed by atoms with Gasteiger partial charge in [0.2, 0.25) is 5.91 Å². The number of aliphatic hydroxyl groups is 1. The minimum absolute atomic E-state index is 0.0532. The maximum Gasteiger partial charge on any atom is 0.418 e. The van der Waals surface area contributed by atoms with Gasteiger partial charge in [-0.25, -0.2) is 0 Å². The third-order valence-electron chi connectivity index (χ3n) is 3.90. The van der Waals surface area contributed by atoms with Gasteiger partial charge >= 0.3 is 6.18 Å². The minimum Gasteiger partial charge on any atom is -0.392 e. The van der Waals surface area contributed by atoms with Gasteiger partial charge in [-0.05, 0) is 44.5 Å². The molecule has 0 radical (unpaired) electrons. The average molecular weight is 351 g/mol. The van der Waals surface area contributed by atoms with E-state index in [4.69, 9.17) is 11.6 Å². The van der Waals surface area contributed by atoms with Crippen LogP contribution < -0.4 is 5.32 Å². The van der Waals surface area contributed by atoms with Crippen molar-refractivity contribution in [2.24, 2.45) is 0 Å². The monoisotopic (exact) mass is 350 g/mol. The van der Waals surface area contributed by atoms with Crippen molar-refractivity contribution in [2.75, 3.05) is 18.4 Å². The first-order chi connectivity index (χ1) is 10.7. The molecule has 0 bridgehead atoms. The number of anilines is 1. The number of carbonyl (C=O) groups excluding carboxylic acids is 1. The normalized spacial score (nSPS) is 21.0. The lowest BCUT2D eigenvalue weighted by molar-refractivity contribution is -0.137. The second kappa shape index (κ2) is 7.07. The molecule has 0 aromatic heterocycles. The smallest absolute Gasteiger partial charge is 0.392 e. The Morgan fingerprint density at radius 2 is 2.17 bits per heavy atom. The van der Waals surface area contributed by atoms with Crippen molar-refractivity contribution in [1.82, 2.24) is 4.90 Å². The number of piperidine rings is 1. The summed E-state index contributed by atoms with van der Waals surface area (Å²) >= 11 is 5.61. The number of hydrogen-bond acceptors (Lipinski definition) is 3. The molecule has 2 N–H and O–H groups in total. The van der Waals surface area contributed by atoms with E-state index in [1.54, 1.807) is 11.8 Å². The van der Waals surface area contributed by atoms with E-state index in [1.807, 2.05) is 0 Å². The number of nitrogens with zero attached hydrogens (tertiary/aromatic N) is 1. The zero-order chi connectivity index (χ0) is 17.2. The molecule has 1 fully saturated rings. The Morgan fingerprint density at radius 3 is 2.78 bits per heavy atom. The van der Waals surface area contributed by atoms with Crippen LogP contribution in [0.15, 0.2) is 18.2 Å². The number of benzene rings is 1. The summed E-state index contributed by atoms with van der Waals surface area (Å²) in [5.41, 5.74) is -1.31. The van der Waals surface area contributed by atoms with Crippen LogP contribution in [-0.2, 0) is 11.0 Å². The highest BCUT2D eigenvalue weighted by Crippen LogP contribution is 2.36. The van der Waals surface area contributed by atoms with Gasteiger partial charge in [-0.1, -0.05) is 11.6 Å². The zero-order valence-corrected chi connectivity index (χ0v) is 13.3. The van der Waals surface area contributed by atoms with Gasteiger partial charge in [-0.3, -0.25) is 9.69 Å². The fraction of sp³-hybridized carbons (Fsp3) is 0.533. The number of β-amino-alcohol motifs (C(OH)–C–C–N with tert-alkyl or cyclic N) is 1. The number of alkyl halides is 3. The Kier molecular flexibility index (Phi) is 5.54. The van der Waals surface area contributed by atoms with Crippen LogP contribution in [0.4, 0.5) is 18.9 Å². The number of likely N-dealkylation sites (tertiary alicyclic amines) is 1. The SMILES string of the molecule is CC(C(=O)Nc1ccc(Cl)cc1C(F)(F)F)N1CCCC(O)C1. The van der Waals surface area contributed by atoms with E-state index in [2.05, 4.69) is 5.32 Å². The number of carbonyl (C=O) groups is 1. The summed E-state index contributed by atoms with van der Waals surface area (Å²) in [6.07, 6.45) is -3.72. The number of aliphatic hydroxyl groups excluding tert-OH is 1. The lowest BCUT2D eigenvalue weighted by atomic mass is 10.1. The second-order valence-electron chi connectivity index (χ2n) is 5.64. The topological polar surface area (TPSA) is 52.6 Å². The molecule has 23 heavy (non-hydrogen) atoms. The molecule has 1 amide bonds. The summed E-state index contributed by atoms with van der Waals surface area (Å²) in [5, 5.41) is 11.9. The minimum atomic E-state index is -4.61. The standard InChI is InChI=1S/C15H18ClF3N2O2/c1-9(21-6-2-3-11(22)8-21)14(23)20-13-5-4-10(16)7-12(13)15(17,18)19/h4-5,7,9,11,22H,2-3,6,8H2,1H3,(H,20,23). The van der Waals surface area contributed by atoms with Gasteiger partial charge in [0.05, 0.1) is 23.4 Å². The molecule has 2 unspecified atom stereocenters. The van der Waals surface area contributed by atoms with E-state index in [0.717, 1.165) is 18.6 Å². The molecule has 0 spiro atoms. The molecule has 2 atom stereocenters. The van der Waals surface area contributed by atoms with Crippen LogP contribution in [0.5, 0.6) is 0 Å². The second-order valence-corrected chi connectivity index (χ2v) is 6.08. The van der Waals surface area contributed by atoms with E-state index in [0.29, 0.717) is 19.5 Å². The highest BCUT2D eigenvalue weighted by molar-refractivity contribution is 6.30. The fourth-order valence-electron chi connectivity index (χ4n) is 2.60. The average Bonchev–Trinajstić information content (AvgIpc) is 2.47. The predicted octanol–water partition coefficient (Wildman–Crippen LogP) is 3.14. The number of amides is 1. The fourth-order valence-corrected chi connectivity index (χ4v) is 2.77. The summed E-state index contributed by atoms with van der Waals surface area (Å²) in [6, 6.07) is 2.58. The predicted molar refractivity (Wildman–Crippen MR) is 81.4 cm³/mol. The largest absolute Gasteiger partial charge is 0.418 e. The van der Waals surface area contributed by atoms with Crippen molar-refractivity contribution >= 4 is 23.2 Å². The van der Waals surface area contributed by atoms with E-state index in [9.17, 15) is 23.1 Å². The third kappa shape index (κ3) is 4.59. The van der Waals surface area contributed by atoms with Gasteiger partial charge in [0, 0.05) is 11.6 Å². The van der Waals surface area contributed by atoms with Crippen LogP contribution in [0, 0.1) is 0 Å². The Hall–Kier alpha value is -1.31. The highest BCUT2D eigenvalue weighted by atomic mass is 35.5. The van der Waals surface area contributed by atoms with Crippen LogP contribution in [0.25, 0.3) is 0 Å². The Bertz CT molecular complexity index is 580. The van der Waals surface area contributed by atoms with Crippen molar-refractivity contribution in [3.63, 3.8) is 0 Å². The van der Waals surface area contributed by atoms with Crippen LogP contribution in [-0.4, -0.2) is 41.1 Å². The van der Waals surface area contributed by atoms with Crippen molar-refractivity contribution < 1.29 is 23.1 Å². The number of hydrogen-bond donors (Lipinski definition) is 2. The summed E-state index contributed by atoms with van der Waals surface area (Å²) in [7, 11) is 0. The van der Waals surface area contributed by atoms with Crippen molar-refractivity contribution in [2.45, 2.75) is 38.1 Å². The number of halogens is 4. The number of nitrogens with one attached hydrogen (secondary N) is 1. The van der Waals surface area contributed by atoms with E-state index < -0.39 is 29.8 Å². The molecular formula is C15H18ClF3N2O2. The molecule has 0 aliphatic carbocycles. The molecule has 1 saturated heterocycles. The quantitative estimate of drug-likeness (QED) is 0.880. The van der Waals surface area contributed by atoms with Crippen molar-refractivity contribution in [3.8, 4) is 0 Å². The van der Waals surface area contributed by atoms with Crippen LogP contribution >= 0.6 is 11.6 Å². The molecule has 2 rings (SSSR count). The van der Waals surface area contributed by atoms with E-state index in [-0.39, 0.29) is 10.7 Å². The van der Waals surface area contributed by atoms with E-state index >= 15 is 0 Å². The molecule has 1 aliphatic rings. The van der Waals surface area contributed by atoms with Crippen molar-refractivity contribution in [1.29, 1.82) is 0 Å². The Labute approximate surface area is 137 Å². The Balaban J connectivity index is 2.14. The van der Waals surface area contributed by atoms with Gasteiger partial charge in [0.25, 0.3) is 0 Å². The summed E-state index contributed by atoms with van der Waals surface area (Å²) in [5.74, 6) is -0.549. The van der Waals surface area contributed by atoms with E-state index in [1.165, 1.54) is 6.07 Å².